The molecule has 0 aromatic carbocycles. The van der Waals surface area contributed by atoms with E-state index in [0.717, 1.165) is 52.3 Å². The Labute approximate surface area is 157 Å². The van der Waals surface area contributed by atoms with Gasteiger partial charge in [0.25, 0.3) is 0 Å². The Morgan fingerprint density at radius 3 is 1.20 bits per heavy atom. The van der Waals surface area contributed by atoms with E-state index in [9.17, 15) is 0 Å². The summed E-state index contributed by atoms with van der Waals surface area (Å²) in [5.74, 6) is 7.94. The molecule has 8 saturated carbocycles. The first-order valence-electron chi connectivity index (χ1n) is 11.9. The molecule has 0 radical (unpaired) electrons. The van der Waals surface area contributed by atoms with Crippen LogP contribution in [0.25, 0.3) is 0 Å². The lowest BCUT2D eigenvalue weighted by Crippen LogP contribution is -2.58. The van der Waals surface area contributed by atoms with Crippen LogP contribution in [-0.4, -0.2) is 6.16 Å². The third kappa shape index (κ3) is 2.48. The van der Waals surface area contributed by atoms with Crippen molar-refractivity contribution in [2.24, 2.45) is 52.3 Å². The Bertz CT molecular complexity index is 420. The lowest BCUT2D eigenvalue weighted by atomic mass is 9.38. The quantitative estimate of drug-likeness (QED) is 0.480. The van der Waals surface area contributed by atoms with Crippen molar-refractivity contribution in [3.8, 4) is 0 Å². The molecule has 0 aromatic rings. The molecule has 8 rings (SSSR count). The average molecular weight is 359 g/mol. The Morgan fingerprint density at radius 2 is 0.920 bits per heavy atom. The summed E-state index contributed by atoms with van der Waals surface area (Å²) in [7, 11) is 3.04. The SMILES string of the molecule is PCCCC(C12CC3CC(CC(C3)C1)C2)C12CC3CC(CC(C3)C1)C2. The second-order valence-corrected chi connectivity index (χ2v) is 12.6. The molecule has 0 amide bonds. The largest absolute Gasteiger partial charge is 0.138 e. The average Bonchev–Trinajstić information content (AvgIpc) is 2.52. The molecule has 0 aromatic heterocycles. The molecule has 140 valence electrons. The van der Waals surface area contributed by atoms with Gasteiger partial charge in [0, 0.05) is 0 Å². The minimum Gasteiger partial charge on any atom is -0.138 e. The molecule has 8 fully saturated rings. The second kappa shape index (κ2) is 5.72. The molecule has 0 aliphatic heterocycles. The molecule has 1 unspecified atom stereocenters. The van der Waals surface area contributed by atoms with Crippen LogP contribution >= 0.6 is 9.24 Å². The highest BCUT2D eigenvalue weighted by Gasteiger charge is 2.62. The summed E-state index contributed by atoms with van der Waals surface area (Å²) in [4.78, 5) is 0. The maximum Gasteiger partial charge on any atom is -0.0256 e. The maximum absolute atomic E-state index is 3.04. The summed E-state index contributed by atoms with van der Waals surface area (Å²) >= 11 is 0. The highest BCUT2D eigenvalue weighted by molar-refractivity contribution is 7.16. The molecule has 0 spiro atoms. The van der Waals surface area contributed by atoms with E-state index in [1.807, 2.05) is 0 Å². The molecule has 25 heavy (non-hydrogen) atoms. The van der Waals surface area contributed by atoms with E-state index in [4.69, 9.17) is 0 Å². The highest BCUT2D eigenvalue weighted by Crippen LogP contribution is 2.72. The Balaban J connectivity index is 1.37. The number of hydrogen-bond acceptors (Lipinski definition) is 0. The highest BCUT2D eigenvalue weighted by atomic mass is 31.0. The van der Waals surface area contributed by atoms with E-state index in [2.05, 4.69) is 9.24 Å². The van der Waals surface area contributed by atoms with E-state index in [0.29, 0.717) is 0 Å². The van der Waals surface area contributed by atoms with Crippen LogP contribution in [0.15, 0.2) is 0 Å². The maximum atomic E-state index is 3.04. The molecule has 0 heterocycles. The van der Waals surface area contributed by atoms with Crippen molar-refractivity contribution in [3.63, 3.8) is 0 Å². The van der Waals surface area contributed by atoms with Crippen molar-refractivity contribution in [2.75, 3.05) is 6.16 Å². The summed E-state index contributed by atoms with van der Waals surface area (Å²) in [6, 6.07) is 0. The van der Waals surface area contributed by atoms with Crippen LogP contribution in [0.1, 0.15) is 89.9 Å². The van der Waals surface area contributed by atoms with E-state index < -0.39 is 0 Å². The standard InChI is InChI=1S/C24H39P/c25-3-1-2-22(23-10-16-4-17(11-23)6-18(5-16)12-23)24-13-19-7-20(14-24)9-21(8-19)15-24/h16-22H,1-15,25H2. The third-order valence-electron chi connectivity index (χ3n) is 10.3. The molecule has 1 atom stereocenters. The Hall–Kier alpha value is 0.430. The van der Waals surface area contributed by atoms with Gasteiger partial charge in [-0.2, -0.15) is 0 Å². The van der Waals surface area contributed by atoms with Crippen molar-refractivity contribution in [1.82, 2.24) is 0 Å². The van der Waals surface area contributed by atoms with Gasteiger partial charge in [-0.3, -0.25) is 0 Å². The Kier molecular flexibility index (Phi) is 3.75. The second-order valence-electron chi connectivity index (χ2n) is 12.0. The summed E-state index contributed by atoms with van der Waals surface area (Å²) in [6.45, 7) is 0. The van der Waals surface area contributed by atoms with Gasteiger partial charge in [-0.1, -0.05) is 0 Å². The fraction of sp³-hybridized carbons (Fsp3) is 1.00. The van der Waals surface area contributed by atoms with Gasteiger partial charge in [0.05, 0.1) is 0 Å². The van der Waals surface area contributed by atoms with Crippen LogP contribution in [0.2, 0.25) is 0 Å². The minimum atomic E-state index is 0.806. The van der Waals surface area contributed by atoms with E-state index >= 15 is 0 Å². The predicted octanol–water partition coefficient (Wildman–Crippen LogP) is 6.69. The predicted molar refractivity (Wildman–Crippen MR) is 109 cm³/mol. The molecule has 0 nitrogen and oxygen atoms in total. The lowest BCUT2D eigenvalue weighted by molar-refractivity contribution is -0.174. The van der Waals surface area contributed by atoms with Crippen molar-refractivity contribution in [3.05, 3.63) is 0 Å². The van der Waals surface area contributed by atoms with E-state index in [-0.39, 0.29) is 0 Å². The minimum absolute atomic E-state index is 0.806. The van der Waals surface area contributed by atoms with Gasteiger partial charge >= 0.3 is 0 Å². The fourth-order valence-corrected chi connectivity index (χ4v) is 11.0. The van der Waals surface area contributed by atoms with E-state index in [1.165, 1.54) is 12.6 Å². The number of hydrogen-bond donors (Lipinski definition) is 0. The van der Waals surface area contributed by atoms with Gasteiger partial charge < -0.3 is 0 Å². The van der Waals surface area contributed by atoms with Crippen LogP contribution in [0.3, 0.4) is 0 Å². The number of rotatable bonds is 5. The third-order valence-corrected chi connectivity index (χ3v) is 10.8. The van der Waals surface area contributed by atoms with Crippen LogP contribution in [0, 0.1) is 52.3 Å². The van der Waals surface area contributed by atoms with Gasteiger partial charge in [-0.25, -0.2) is 0 Å². The smallest absolute Gasteiger partial charge is 0.0256 e. The molecule has 1 heteroatoms. The van der Waals surface area contributed by atoms with Crippen molar-refractivity contribution in [1.29, 1.82) is 0 Å². The van der Waals surface area contributed by atoms with Gasteiger partial charge in [-0.05, 0) is 148 Å². The molecular weight excluding hydrogens is 319 g/mol. The molecule has 0 N–H and O–H groups in total. The summed E-state index contributed by atoms with van der Waals surface area (Å²) in [5.41, 5.74) is 1.61. The summed E-state index contributed by atoms with van der Waals surface area (Å²) in [5, 5.41) is 0. The fourth-order valence-electron chi connectivity index (χ4n) is 10.8. The molecule has 8 bridgehead atoms. The van der Waals surface area contributed by atoms with Crippen LogP contribution in [0.4, 0.5) is 0 Å². The van der Waals surface area contributed by atoms with Crippen molar-refractivity contribution in [2.45, 2.75) is 89.9 Å². The Morgan fingerprint density at radius 1 is 0.600 bits per heavy atom. The van der Waals surface area contributed by atoms with Gasteiger partial charge in [-0.15, -0.1) is 9.24 Å². The summed E-state index contributed by atoms with van der Waals surface area (Å²) < 4.78 is 0. The first-order chi connectivity index (χ1) is 12.2. The van der Waals surface area contributed by atoms with Gasteiger partial charge in [0.2, 0.25) is 0 Å². The molecule has 8 aliphatic rings. The zero-order chi connectivity index (χ0) is 16.6. The normalized spacial score (nSPS) is 56.5. The van der Waals surface area contributed by atoms with Crippen LogP contribution in [-0.2, 0) is 0 Å². The molecular formula is C24H39P. The van der Waals surface area contributed by atoms with Crippen molar-refractivity contribution < 1.29 is 0 Å². The summed E-state index contributed by atoms with van der Waals surface area (Å²) in [6.07, 6.45) is 24.1. The van der Waals surface area contributed by atoms with Gasteiger partial charge in [0.1, 0.15) is 0 Å². The first kappa shape index (κ1) is 16.4. The van der Waals surface area contributed by atoms with Crippen LogP contribution < -0.4 is 0 Å². The zero-order valence-electron chi connectivity index (χ0n) is 16.2. The molecule has 0 saturated heterocycles. The van der Waals surface area contributed by atoms with Gasteiger partial charge in [0.15, 0.2) is 0 Å². The van der Waals surface area contributed by atoms with E-state index in [1.54, 1.807) is 83.5 Å². The monoisotopic (exact) mass is 358 g/mol. The zero-order valence-corrected chi connectivity index (χ0v) is 17.4. The topological polar surface area (TPSA) is 0 Å². The van der Waals surface area contributed by atoms with Crippen LogP contribution in [0.5, 0.6) is 0 Å². The van der Waals surface area contributed by atoms with Crippen molar-refractivity contribution >= 4 is 9.24 Å². The lowest BCUT2D eigenvalue weighted by Gasteiger charge is -2.67. The first-order valence-corrected chi connectivity index (χ1v) is 12.7. The molecule has 8 aliphatic carbocycles.